The number of amides is 1. The quantitative estimate of drug-likeness (QED) is 0.640. The third kappa shape index (κ3) is 6.12. The van der Waals surface area contributed by atoms with E-state index in [4.69, 9.17) is 4.74 Å². The summed E-state index contributed by atoms with van der Waals surface area (Å²) in [6.45, 7) is 2.79. The molecular weight excluding hydrogens is 390 g/mol. The number of nitrogens with one attached hydrogen (secondary N) is 1. The van der Waals surface area contributed by atoms with E-state index in [1.807, 2.05) is 42.3 Å². The molecule has 0 bridgehead atoms. The standard InChI is InChI=1S/C21H29N3O4S/c1-5-20(21(25)22-14-15-23(2)17-10-7-6-8-11-17)24(29(4,26)27)18-12-9-13-19(16-18)28-3/h6-13,16,20H,5,14-15H2,1-4H3,(H,22,25)/t20-/m0/s1. The number of hydrogen-bond acceptors (Lipinski definition) is 5. The number of carbonyl (C=O) groups excluding carboxylic acids is 1. The summed E-state index contributed by atoms with van der Waals surface area (Å²) in [6.07, 6.45) is 1.44. The molecule has 0 aromatic heterocycles. The smallest absolute Gasteiger partial charge is 0.243 e. The molecule has 2 rings (SSSR count). The molecule has 0 spiro atoms. The molecule has 0 saturated carbocycles. The largest absolute Gasteiger partial charge is 0.497 e. The lowest BCUT2D eigenvalue weighted by Crippen LogP contribution is -2.50. The summed E-state index contributed by atoms with van der Waals surface area (Å²) in [4.78, 5) is 14.9. The summed E-state index contributed by atoms with van der Waals surface area (Å²) in [5.41, 5.74) is 1.44. The number of sulfonamides is 1. The average Bonchev–Trinajstić information content (AvgIpc) is 2.71. The highest BCUT2D eigenvalue weighted by Gasteiger charge is 2.31. The van der Waals surface area contributed by atoms with Crippen molar-refractivity contribution in [2.45, 2.75) is 19.4 Å². The van der Waals surface area contributed by atoms with Crippen molar-refractivity contribution in [1.29, 1.82) is 0 Å². The van der Waals surface area contributed by atoms with Gasteiger partial charge in [0.1, 0.15) is 11.8 Å². The van der Waals surface area contributed by atoms with E-state index in [0.29, 0.717) is 30.9 Å². The van der Waals surface area contributed by atoms with Gasteiger partial charge in [-0.05, 0) is 30.7 Å². The fourth-order valence-electron chi connectivity index (χ4n) is 3.08. The first-order valence-corrected chi connectivity index (χ1v) is 11.3. The van der Waals surface area contributed by atoms with Gasteiger partial charge >= 0.3 is 0 Å². The van der Waals surface area contributed by atoms with Crippen LogP contribution >= 0.6 is 0 Å². The Hall–Kier alpha value is -2.74. The molecule has 0 radical (unpaired) electrons. The second-order valence-electron chi connectivity index (χ2n) is 6.73. The van der Waals surface area contributed by atoms with Crippen LogP contribution in [0.3, 0.4) is 0 Å². The van der Waals surface area contributed by atoms with Gasteiger partial charge in [0, 0.05) is 31.9 Å². The normalized spacial score (nSPS) is 12.1. The maximum absolute atomic E-state index is 12.8. The lowest BCUT2D eigenvalue weighted by Gasteiger charge is -2.30. The van der Waals surface area contributed by atoms with Gasteiger partial charge in [0.05, 0.1) is 19.1 Å². The van der Waals surface area contributed by atoms with Crippen LogP contribution in [0.15, 0.2) is 54.6 Å². The van der Waals surface area contributed by atoms with E-state index in [0.717, 1.165) is 16.2 Å². The van der Waals surface area contributed by atoms with Gasteiger partial charge in [0.15, 0.2) is 0 Å². The van der Waals surface area contributed by atoms with Crippen molar-refractivity contribution in [2.24, 2.45) is 0 Å². The Bertz CT molecular complexity index is 903. The van der Waals surface area contributed by atoms with Crippen LogP contribution in [0.2, 0.25) is 0 Å². The molecule has 1 atom stereocenters. The molecular formula is C21H29N3O4S. The van der Waals surface area contributed by atoms with E-state index >= 15 is 0 Å². The minimum Gasteiger partial charge on any atom is -0.497 e. The van der Waals surface area contributed by atoms with Crippen LogP contribution in [0.4, 0.5) is 11.4 Å². The second kappa shape index (κ2) is 10.2. The summed E-state index contributed by atoms with van der Waals surface area (Å²) in [5.74, 6) is 0.193. The zero-order valence-electron chi connectivity index (χ0n) is 17.3. The molecule has 1 N–H and O–H groups in total. The van der Waals surface area contributed by atoms with E-state index in [-0.39, 0.29) is 5.91 Å². The minimum atomic E-state index is -3.68. The number of methoxy groups -OCH3 is 1. The molecule has 2 aromatic rings. The van der Waals surface area contributed by atoms with Crippen molar-refractivity contribution < 1.29 is 17.9 Å². The maximum Gasteiger partial charge on any atom is 0.243 e. The van der Waals surface area contributed by atoms with Gasteiger partial charge in [-0.2, -0.15) is 0 Å². The van der Waals surface area contributed by atoms with E-state index in [1.54, 1.807) is 31.2 Å². The Kier molecular flexibility index (Phi) is 7.90. The van der Waals surface area contributed by atoms with Crippen molar-refractivity contribution >= 4 is 27.3 Å². The topological polar surface area (TPSA) is 79.0 Å². The summed E-state index contributed by atoms with van der Waals surface area (Å²) in [6, 6.07) is 15.7. The number of rotatable bonds is 10. The number of benzene rings is 2. The third-order valence-corrected chi connectivity index (χ3v) is 5.76. The van der Waals surface area contributed by atoms with Crippen LogP contribution in [0.5, 0.6) is 5.75 Å². The number of nitrogens with zero attached hydrogens (tertiary/aromatic N) is 2. The molecule has 0 aliphatic rings. The van der Waals surface area contributed by atoms with Crippen molar-refractivity contribution in [3.63, 3.8) is 0 Å². The molecule has 1 amide bonds. The van der Waals surface area contributed by atoms with E-state index in [2.05, 4.69) is 5.32 Å². The van der Waals surface area contributed by atoms with Crippen LogP contribution in [-0.2, 0) is 14.8 Å². The molecule has 7 nitrogen and oxygen atoms in total. The van der Waals surface area contributed by atoms with Crippen LogP contribution in [0.25, 0.3) is 0 Å². The second-order valence-corrected chi connectivity index (χ2v) is 8.59. The lowest BCUT2D eigenvalue weighted by molar-refractivity contribution is -0.122. The summed E-state index contributed by atoms with van der Waals surface area (Å²) in [5, 5.41) is 2.87. The predicted molar refractivity (Wildman–Crippen MR) is 117 cm³/mol. The summed E-state index contributed by atoms with van der Waals surface area (Å²) < 4.78 is 31.4. The number of hydrogen-bond donors (Lipinski definition) is 1. The van der Waals surface area contributed by atoms with Gasteiger partial charge in [-0.25, -0.2) is 8.42 Å². The highest BCUT2D eigenvalue weighted by molar-refractivity contribution is 7.92. The molecule has 0 aliphatic heterocycles. The van der Waals surface area contributed by atoms with Gasteiger partial charge in [-0.3, -0.25) is 9.10 Å². The minimum absolute atomic E-state index is 0.331. The zero-order chi connectivity index (χ0) is 21.4. The van der Waals surface area contributed by atoms with Gasteiger partial charge in [0.25, 0.3) is 0 Å². The Morgan fingerprint density at radius 3 is 2.34 bits per heavy atom. The SMILES string of the molecule is CC[C@@H](C(=O)NCCN(C)c1ccccc1)N(c1cccc(OC)c1)S(C)(=O)=O. The number of anilines is 2. The molecule has 0 saturated heterocycles. The molecule has 8 heteroatoms. The molecule has 0 aliphatic carbocycles. The summed E-state index contributed by atoms with van der Waals surface area (Å²) >= 11 is 0. The summed E-state index contributed by atoms with van der Waals surface area (Å²) in [7, 11) is -0.224. The van der Waals surface area contributed by atoms with E-state index in [1.165, 1.54) is 7.11 Å². The fourth-order valence-corrected chi connectivity index (χ4v) is 4.29. The van der Waals surface area contributed by atoms with Crippen molar-refractivity contribution in [3.05, 3.63) is 54.6 Å². The highest BCUT2D eigenvalue weighted by Crippen LogP contribution is 2.26. The fraction of sp³-hybridized carbons (Fsp3) is 0.381. The molecule has 0 unspecified atom stereocenters. The molecule has 2 aromatic carbocycles. The number of likely N-dealkylation sites (N-methyl/N-ethyl adjacent to an activating group) is 1. The first-order valence-electron chi connectivity index (χ1n) is 9.45. The number of para-hydroxylation sites is 1. The van der Waals surface area contributed by atoms with E-state index < -0.39 is 16.1 Å². The Morgan fingerprint density at radius 1 is 1.10 bits per heavy atom. The van der Waals surface area contributed by atoms with Crippen molar-refractivity contribution in [2.75, 3.05) is 42.7 Å². The maximum atomic E-state index is 12.8. The predicted octanol–water partition coefficient (Wildman–Crippen LogP) is 2.49. The monoisotopic (exact) mass is 419 g/mol. The van der Waals surface area contributed by atoms with Gasteiger partial charge < -0.3 is 15.0 Å². The molecule has 158 valence electrons. The Morgan fingerprint density at radius 2 is 1.76 bits per heavy atom. The van der Waals surface area contributed by atoms with Crippen LogP contribution in [-0.4, -0.2) is 53.9 Å². The van der Waals surface area contributed by atoms with E-state index in [9.17, 15) is 13.2 Å². The van der Waals surface area contributed by atoms with Gasteiger partial charge in [0.2, 0.25) is 15.9 Å². The van der Waals surface area contributed by atoms with Crippen LogP contribution in [0.1, 0.15) is 13.3 Å². The van der Waals surface area contributed by atoms with Gasteiger partial charge in [-0.15, -0.1) is 0 Å². The molecule has 0 heterocycles. The first-order chi connectivity index (χ1) is 13.8. The van der Waals surface area contributed by atoms with Gasteiger partial charge in [-0.1, -0.05) is 31.2 Å². The Balaban J connectivity index is 2.12. The van der Waals surface area contributed by atoms with Crippen molar-refractivity contribution in [3.8, 4) is 5.75 Å². The first kappa shape index (κ1) is 22.5. The number of carbonyl (C=O) groups is 1. The highest BCUT2D eigenvalue weighted by atomic mass is 32.2. The zero-order valence-corrected chi connectivity index (χ0v) is 18.1. The number of ether oxygens (including phenoxy) is 1. The van der Waals surface area contributed by atoms with Crippen LogP contribution in [0, 0.1) is 0 Å². The molecule has 0 fully saturated rings. The molecule has 29 heavy (non-hydrogen) atoms. The van der Waals surface area contributed by atoms with Crippen LogP contribution < -0.4 is 19.3 Å². The Labute approximate surface area is 173 Å². The lowest BCUT2D eigenvalue weighted by atomic mass is 10.2. The van der Waals surface area contributed by atoms with Crippen molar-refractivity contribution in [1.82, 2.24) is 5.32 Å². The average molecular weight is 420 g/mol. The third-order valence-electron chi connectivity index (χ3n) is 4.58.